The number of halogens is 2. The zero-order chi connectivity index (χ0) is 11.5. The summed E-state index contributed by atoms with van der Waals surface area (Å²) in [6.07, 6.45) is 2.55. The van der Waals surface area contributed by atoms with E-state index in [2.05, 4.69) is 5.32 Å². The molecule has 2 nitrogen and oxygen atoms in total. The van der Waals surface area contributed by atoms with E-state index in [9.17, 15) is 0 Å². The fourth-order valence-corrected chi connectivity index (χ4v) is 2.35. The van der Waals surface area contributed by atoms with Gasteiger partial charge in [0.05, 0.1) is 12.6 Å². The molecule has 0 aromatic heterocycles. The summed E-state index contributed by atoms with van der Waals surface area (Å²) in [6.45, 7) is 0.717. The smallest absolute Gasteiger partial charge is 0.0666 e. The first kappa shape index (κ1) is 12.0. The van der Waals surface area contributed by atoms with Crippen molar-refractivity contribution >= 4 is 28.9 Å². The van der Waals surface area contributed by atoms with Crippen LogP contribution in [0, 0.1) is 5.92 Å². The molecule has 0 radical (unpaired) electrons. The second kappa shape index (κ2) is 5.26. The van der Waals surface area contributed by atoms with Crippen molar-refractivity contribution in [3.8, 4) is 0 Å². The molecule has 0 aliphatic heterocycles. The molecule has 1 atom stereocenters. The van der Waals surface area contributed by atoms with Crippen LogP contribution < -0.4 is 5.32 Å². The van der Waals surface area contributed by atoms with Gasteiger partial charge < -0.3 is 10.1 Å². The minimum Gasteiger partial charge on any atom is -0.383 e. The van der Waals surface area contributed by atoms with E-state index in [0.29, 0.717) is 16.1 Å². The van der Waals surface area contributed by atoms with E-state index in [1.807, 2.05) is 12.1 Å². The molecule has 0 amide bonds. The third-order valence-electron chi connectivity index (χ3n) is 2.75. The Hall–Kier alpha value is -0.440. The predicted octanol–water partition coefficient (Wildman–Crippen LogP) is 3.83. The quantitative estimate of drug-likeness (QED) is 0.868. The predicted molar refractivity (Wildman–Crippen MR) is 68.5 cm³/mol. The van der Waals surface area contributed by atoms with E-state index in [0.717, 1.165) is 18.2 Å². The molecule has 16 heavy (non-hydrogen) atoms. The lowest BCUT2D eigenvalue weighted by molar-refractivity contribution is 0.179. The Kier molecular flexibility index (Phi) is 3.95. The molecule has 1 aliphatic carbocycles. The second-order valence-electron chi connectivity index (χ2n) is 4.20. The average Bonchev–Trinajstić information content (AvgIpc) is 2.98. The van der Waals surface area contributed by atoms with E-state index in [1.54, 1.807) is 13.2 Å². The Bertz CT molecular complexity index is 346. The minimum absolute atomic E-state index is 0.361. The fraction of sp³-hybridized carbons (Fsp3) is 0.500. The molecule has 0 saturated heterocycles. The van der Waals surface area contributed by atoms with Crippen LogP contribution in [0.15, 0.2) is 18.2 Å². The number of ether oxygens (including phenoxy) is 1. The van der Waals surface area contributed by atoms with Crippen molar-refractivity contribution < 1.29 is 4.74 Å². The van der Waals surface area contributed by atoms with E-state index >= 15 is 0 Å². The number of anilines is 1. The number of rotatable bonds is 5. The molecule has 0 bridgehead atoms. The first-order valence-electron chi connectivity index (χ1n) is 5.40. The van der Waals surface area contributed by atoms with Gasteiger partial charge >= 0.3 is 0 Å². The normalized spacial score (nSPS) is 17.2. The molecule has 1 saturated carbocycles. The first-order valence-corrected chi connectivity index (χ1v) is 6.16. The molecule has 1 unspecified atom stereocenters. The molecular formula is C12H15Cl2NO. The van der Waals surface area contributed by atoms with Gasteiger partial charge in [-0.2, -0.15) is 0 Å². The molecule has 2 rings (SSSR count). The van der Waals surface area contributed by atoms with Gasteiger partial charge in [0.1, 0.15) is 0 Å². The van der Waals surface area contributed by atoms with E-state index < -0.39 is 0 Å². The van der Waals surface area contributed by atoms with Crippen molar-refractivity contribution in [1.29, 1.82) is 0 Å². The Labute approximate surface area is 106 Å². The van der Waals surface area contributed by atoms with Crippen LogP contribution in [0.25, 0.3) is 0 Å². The number of hydrogen-bond donors (Lipinski definition) is 1. The van der Waals surface area contributed by atoms with Crippen molar-refractivity contribution in [3.63, 3.8) is 0 Å². The van der Waals surface area contributed by atoms with Crippen LogP contribution in [0.1, 0.15) is 12.8 Å². The van der Waals surface area contributed by atoms with Gasteiger partial charge in [-0.05, 0) is 37.0 Å². The van der Waals surface area contributed by atoms with Crippen molar-refractivity contribution in [2.24, 2.45) is 5.92 Å². The highest BCUT2D eigenvalue weighted by Crippen LogP contribution is 2.35. The third-order valence-corrected chi connectivity index (χ3v) is 3.19. The molecule has 1 aromatic carbocycles. The van der Waals surface area contributed by atoms with Crippen molar-refractivity contribution in [1.82, 2.24) is 0 Å². The maximum Gasteiger partial charge on any atom is 0.0666 e. The molecule has 4 heteroatoms. The summed E-state index contributed by atoms with van der Waals surface area (Å²) in [5.41, 5.74) is 0.964. The van der Waals surface area contributed by atoms with Crippen LogP contribution in [-0.4, -0.2) is 19.8 Å². The standard InChI is InChI=1S/C12H15Cl2NO/c1-16-7-12(8-2-3-8)15-11-5-9(13)4-10(14)6-11/h4-6,8,12,15H,2-3,7H2,1H3. The van der Waals surface area contributed by atoms with Crippen molar-refractivity contribution in [2.45, 2.75) is 18.9 Å². The first-order chi connectivity index (χ1) is 7.69. The summed E-state index contributed by atoms with van der Waals surface area (Å²) in [5, 5.41) is 4.74. The highest BCUT2D eigenvalue weighted by Gasteiger charge is 2.31. The summed E-state index contributed by atoms with van der Waals surface area (Å²) >= 11 is 11.9. The molecular weight excluding hydrogens is 245 g/mol. The van der Waals surface area contributed by atoms with Crippen LogP contribution in [0.2, 0.25) is 10.0 Å². The van der Waals surface area contributed by atoms with Gasteiger partial charge in [-0.3, -0.25) is 0 Å². The summed E-state index contributed by atoms with van der Waals surface area (Å²) in [7, 11) is 1.72. The average molecular weight is 260 g/mol. The van der Waals surface area contributed by atoms with E-state index in [-0.39, 0.29) is 0 Å². The highest BCUT2D eigenvalue weighted by molar-refractivity contribution is 6.35. The lowest BCUT2D eigenvalue weighted by Crippen LogP contribution is -2.27. The summed E-state index contributed by atoms with van der Waals surface area (Å²) in [5.74, 6) is 0.720. The Morgan fingerprint density at radius 3 is 2.44 bits per heavy atom. The topological polar surface area (TPSA) is 21.3 Å². The Morgan fingerprint density at radius 2 is 1.94 bits per heavy atom. The second-order valence-corrected chi connectivity index (χ2v) is 5.07. The summed E-state index contributed by atoms with van der Waals surface area (Å²) in [4.78, 5) is 0. The third kappa shape index (κ3) is 3.27. The van der Waals surface area contributed by atoms with Crippen LogP contribution in [0.4, 0.5) is 5.69 Å². The number of methoxy groups -OCH3 is 1. The van der Waals surface area contributed by atoms with Crippen LogP contribution in [0.5, 0.6) is 0 Å². The fourth-order valence-electron chi connectivity index (χ4n) is 1.82. The lowest BCUT2D eigenvalue weighted by atomic mass is 10.2. The molecule has 1 N–H and O–H groups in total. The Balaban J connectivity index is 2.05. The molecule has 88 valence electrons. The van der Waals surface area contributed by atoms with Gasteiger partial charge in [0.2, 0.25) is 0 Å². The summed E-state index contributed by atoms with van der Waals surface area (Å²) in [6, 6.07) is 5.87. The maximum absolute atomic E-state index is 5.95. The zero-order valence-electron chi connectivity index (χ0n) is 9.17. The molecule has 1 aliphatic rings. The van der Waals surface area contributed by atoms with Crippen LogP contribution in [-0.2, 0) is 4.74 Å². The molecule has 1 fully saturated rings. The van der Waals surface area contributed by atoms with Gasteiger partial charge in [-0.15, -0.1) is 0 Å². The van der Waals surface area contributed by atoms with Gasteiger partial charge in [0, 0.05) is 22.8 Å². The number of nitrogens with one attached hydrogen (secondary N) is 1. The monoisotopic (exact) mass is 259 g/mol. The van der Waals surface area contributed by atoms with Crippen molar-refractivity contribution in [2.75, 3.05) is 19.0 Å². The molecule has 1 aromatic rings. The van der Waals surface area contributed by atoms with Gasteiger partial charge in [-0.25, -0.2) is 0 Å². The zero-order valence-corrected chi connectivity index (χ0v) is 10.7. The van der Waals surface area contributed by atoms with Crippen LogP contribution >= 0.6 is 23.2 Å². The Morgan fingerprint density at radius 1 is 1.31 bits per heavy atom. The molecule has 0 spiro atoms. The van der Waals surface area contributed by atoms with E-state index in [1.165, 1.54) is 12.8 Å². The minimum atomic E-state index is 0.361. The van der Waals surface area contributed by atoms with Crippen molar-refractivity contribution in [3.05, 3.63) is 28.2 Å². The van der Waals surface area contributed by atoms with Crippen LogP contribution in [0.3, 0.4) is 0 Å². The maximum atomic E-state index is 5.95. The largest absolute Gasteiger partial charge is 0.383 e. The van der Waals surface area contributed by atoms with E-state index in [4.69, 9.17) is 27.9 Å². The highest BCUT2D eigenvalue weighted by atomic mass is 35.5. The van der Waals surface area contributed by atoms with Gasteiger partial charge in [0.25, 0.3) is 0 Å². The van der Waals surface area contributed by atoms with Gasteiger partial charge in [-0.1, -0.05) is 23.2 Å². The summed E-state index contributed by atoms with van der Waals surface area (Å²) < 4.78 is 5.21. The SMILES string of the molecule is COCC(Nc1cc(Cl)cc(Cl)c1)C1CC1. The van der Waals surface area contributed by atoms with Gasteiger partial charge in [0.15, 0.2) is 0 Å². The lowest BCUT2D eigenvalue weighted by Gasteiger charge is -2.18. The number of benzene rings is 1. The number of hydrogen-bond acceptors (Lipinski definition) is 2. The molecule has 0 heterocycles.